The Balaban J connectivity index is 3.50. The standard InChI is InChI=1S/C7H18N2/c1-4-7(6-8)9(3)5-2/h7H,4-6,8H2,1-3H3/t7-/m1/s1. The zero-order valence-electron chi connectivity index (χ0n) is 6.72. The van der Waals surface area contributed by atoms with E-state index in [0.29, 0.717) is 6.04 Å². The summed E-state index contributed by atoms with van der Waals surface area (Å²) in [6, 6.07) is 0.579. The molecule has 9 heavy (non-hydrogen) atoms. The average Bonchev–Trinajstić information content (AvgIpc) is 1.90. The van der Waals surface area contributed by atoms with Crippen LogP contribution in [-0.4, -0.2) is 31.1 Å². The van der Waals surface area contributed by atoms with Gasteiger partial charge in [0.25, 0.3) is 0 Å². The summed E-state index contributed by atoms with van der Waals surface area (Å²) in [5.41, 5.74) is 5.52. The van der Waals surface area contributed by atoms with E-state index in [4.69, 9.17) is 5.73 Å². The third kappa shape index (κ3) is 2.82. The van der Waals surface area contributed by atoms with Crippen LogP contribution in [0.2, 0.25) is 0 Å². The van der Waals surface area contributed by atoms with E-state index in [2.05, 4.69) is 25.8 Å². The molecule has 0 aliphatic carbocycles. The van der Waals surface area contributed by atoms with E-state index < -0.39 is 0 Å². The molecule has 0 saturated carbocycles. The Morgan fingerprint density at radius 3 is 2.11 bits per heavy atom. The van der Waals surface area contributed by atoms with Crippen molar-refractivity contribution in [1.82, 2.24) is 4.90 Å². The normalized spacial score (nSPS) is 14.3. The highest BCUT2D eigenvalue weighted by atomic mass is 15.1. The van der Waals surface area contributed by atoms with Gasteiger partial charge in [0.15, 0.2) is 0 Å². The lowest BCUT2D eigenvalue weighted by molar-refractivity contribution is 0.253. The zero-order valence-corrected chi connectivity index (χ0v) is 6.72. The fraction of sp³-hybridized carbons (Fsp3) is 1.00. The van der Waals surface area contributed by atoms with E-state index >= 15 is 0 Å². The van der Waals surface area contributed by atoms with Crippen LogP contribution < -0.4 is 5.73 Å². The summed E-state index contributed by atoms with van der Waals surface area (Å²) >= 11 is 0. The van der Waals surface area contributed by atoms with E-state index in [-0.39, 0.29) is 0 Å². The van der Waals surface area contributed by atoms with Crippen molar-refractivity contribution in [2.45, 2.75) is 26.3 Å². The molecule has 0 aromatic carbocycles. The number of hydrogen-bond acceptors (Lipinski definition) is 2. The average molecular weight is 130 g/mol. The first kappa shape index (κ1) is 8.92. The molecule has 56 valence electrons. The molecule has 0 fully saturated rings. The summed E-state index contributed by atoms with van der Waals surface area (Å²) in [4.78, 5) is 2.28. The smallest absolute Gasteiger partial charge is 0.0212 e. The highest BCUT2D eigenvalue weighted by Crippen LogP contribution is 1.97. The molecule has 0 aromatic rings. The molecule has 0 aliphatic rings. The molecule has 0 rings (SSSR count). The van der Waals surface area contributed by atoms with Gasteiger partial charge in [-0.1, -0.05) is 13.8 Å². The van der Waals surface area contributed by atoms with Crippen molar-refractivity contribution in [3.8, 4) is 0 Å². The SMILES string of the molecule is CC[C@H](CN)N(C)CC. The molecular formula is C7H18N2. The molecule has 0 unspecified atom stereocenters. The van der Waals surface area contributed by atoms with E-state index in [9.17, 15) is 0 Å². The van der Waals surface area contributed by atoms with Crippen LogP contribution in [0.25, 0.3) is 0 Å². The number of nitrogens with two attached hydrogens (primary N) is 1. The molecule has 0 saturated heterocycles. The highest BCUT2D eigenvalue weighted by molar-refractivity contribution is 4.65. The summed E-state index contributed by atoms with van der Waals surface area (Å²) in [6.07, 6.45) is 1.15. The van der Waals surface area contributed by atoms with E-state index in [0.717, 1.165) is 19.5 Å². The van der Waals surface area contributed by atoms with Crippen LogP contribution in [0.15, 0.2) is 0 Å². The van der Waals surface area contributed by atoms with Crippen molar-refractivity contribution >= 4 is 0 Å². The van der Waals surface area contributed by atoms with Crippen LogP contribution >= 0.6 is 0 Å². The summed E-state index contributed by atoms with van der Waals surface area (Å²) in [5, 5.41) is 0. The van der Waals surface area contributed by atoms with Gasteiger partial charge in [0, 0.05) is 12.6 Å². The molecule has 0 spiro atoms. The Labute approximate surface area is 58.0 Å². The van der Waals surface area contributed by atoms with Crippen LogP contribution in [0.5, 0.6) is 0 Å². The first-order valence-corrected chi connectivity index (χ1v) is 3.66. The second-order valence-electron chi connectivity index (χ2n) is 2.37. The lowest BCUT2D eigenvalue weighted by atomic mass is 10.2. The minimum Gasteiger partial charge on any atom is -0.329 e. The maximum absolute atomic E-state index is 5.52. The van der Waals surface area contributed by atoms with Gasteiger partial charge in [0.05, 0.1) is 0 Å². The van der Waals surface area contributed by atoms with Crippen LogP contribution in [-0.2, 0) is 0 Å². The van der Waals surface area contributed by atoms with Gasteiger partial charge in [-0.3, -0.25) is 0 Å². The van der Waals surface area contributed by atoms with Gasteiger partial charge in [-0.2, -0.15) is 0 Å². The van der Waals surface area contributed by atoms with Crippen molar-refractivity contribution in [2.75, 3.05) is 20.1 Å². The van der Waals surface area contributed by atoms with E-state index in [1.165, 1.54) is 0 Å². The monoisotopic (exact) mass is 130 g/mol. The molecule has 0 bridgehead atoms. The first-order valence-electron chi connectivity index (χ1n) is 3.66. The molecule has 0 amide bonds. The second kappa shape index (κ2) is 4.77. The Hall–Kier alpha value is -0.0800. The predicted molar refractivity (Wildman–Crippen MR) is 41.4 cm³/mol. The maximum atomic E-state index is 5.52. The molecule has 0 radical (unpaired) electrons. The quantitative estimate of drug-likeness (QED) is 0.606. The van der Waals surface area contributed by atoms with Gasteiger partial charge < -0.3 is 10.6 Å². The van der Waals surface area contributed by atoms with Crippen molar-refractivity contribution in [1.29, 1.82) is 0 Å². The molecular weight excluding hydrogens is 112 g/mol. The zero-order chi connectivity index (χ0) is 7.28. The predicted octanol–water partition coefficient (Wildman–Crippen LogP) is 0.675. The third-order valence-electron chi connectivity index (χ3n) is 1.87. The minimum absolute atomic E-state index is 0.579. The van der Waals surface area contributed by atoms with Crippen LogP contribution in [0.4, 0.5) is 0 Å². The number of hydrogen-bond donors (Lipinski definition) is 1. The molecule has 0 heterocycles. The Morgan fingerprint density at radius 2 is 2.00 bits per heavy atom. The van der Waals surface area contributed by atoms with E-state index in [1.807, 2.05) is 0 Å². The summed E-state index contributed by atoms with van der Waals surface area (Å²) in [6.45, 7) is 6.19. The van der Waals surface area contributed by atoms with Crippen LogP contribution in [0.1, 0.15) is 20.3 Å². The van der Waals surface area contributed by atoms with Gasteiger partial charge in [0.1, 0.15) is 0 Å². The van der Waals surface area contributed by atoms with E-state index in [1.54, 1.807) is 0 Å². The van der Waals surface area contributed by atoms with Gasteiger partial charge in [-0.25, -0.2) is 0 Å². The Morgan fingerprint density at radius 1 is 1.44 bits per heavy atom. The number of rotatable bonds is 4. The highest BCUT2D eigenvalue weighted by Gasteiger charge is 2.06. The lowest BCUT2D eigenvalue weighted by Crippen LogP contribution is -2.36. The minimum atomic E-state index is 0.579. The number of likely N-dealkylation sites (N-methyl/N-ethyl adjacent to an activating group) is 1. The fourth-order valence-corrected chi connectivity index (χ4v) is 0.916. The molecule has 2 heteroatoms. The fourth-order valence-electron chi connectivity index (χ4n) is 0.916. The first-order chi connectivity index (χ1) is 4.26. The topological polar surface area (TPSA) is 29.3 Å². The lowest BCUT2D eigenvalue weighted by Gasteiger charge is -2.23. The van der Waals surface area contributed by atoms with Crippen LogP contribution in [0.3, 0.4) is 0 Å². The Bertz CT molecular complexity index is 59.9. The summed E-state index contributed by atoms with van der Waals surface area (Å²) in [7, 11) is 2.11. The molecule has 2 N–H and O–H groups in total. The van der Waals surface area contributed by atoms with Gasteiger partial charge in [-0.15, -0.1) is 0 Å². The second-order valence-corrected chi connectivity index (χ2v) is 2.37. The van der Waals surface area contributed by atoms with Gasteiger partial charge in [-0.05, 0) is 20.0 Å². The van der Waals surface area contributed by atoms with Gasteiger partial charge in [0.2, 0.25) is 0 Å². The maximum Gasteiger partial charge on any atom is 0.0212 e. The van der Waals surface area contributed by atoms with Crippen molar-refractivity contribution < 1.29 is 0 Å². The van der Waals surface area contributed by atoms with Crippen molar-refractivity contribution in [3.63, 3.8) is 0 Å². The summed E-state index contributed by atoms with van der Waals surface area (Å²) < 4.78 is 0. The Kier molecular flexibility index (Phi) is 4.72. The molecule has 0 aromatic heterocycles. The van der Waals surface area contributed by atoms with Crippen LogP contribution in [0, 0.1) is 0 Å². The van der Waals surface area contributed by atoms with Crippen molar-refractivity contribution in [3.05, 3.63) is 0 Å². The van der Waals surface area contributed by atoms with Crippen molar-refractivity contribution in [2.24, 2.45) is 5.73 Å². The van der Waals surface area contributed by atoms with Gasteiger partial charge >= 0.3 is 0 Å². The molecule has 2 nitrogen and oxygen atoms in total. The number of nitrogens with zero attached hydrogens (tertiary/aromatic N) is 1. The largest absolute Gasteiger partial charge is 0.329 e. The summed E-state index contributed by atoms with van der Waals surface area (Å²) in [5.74, 6) is 0. The third-order valence-corrected chi connectivity index (χ3v) is 1.87. The molecule has 1 atom stereocenters. The molecule has 0 aliphatic heterocycles.